The molecule has 3 nitrogen and oxygen atoms in total. The number of aliphatic hydroxyl groups excluding tert-OH is 1. The molecule has 0 saturated heterocycles. The molecule has 0 fully saturated rings. The number of amides is 1. The normalized spacial score (nSPS) is 15.3. The number of aliphatic hydroxyl groups is 1. The summed E-state index contributed by atoms with van der Waals surface area (Å²) in [6.45, 7) is 0. The summed E-state index contributed by atoms with van der Waals surface area (Å²) in [7, 11) is 1.76. The van der Waals surface area contributed by atoms with E-state index >= 15 is 0 Å². The summed E-state index contributed by atoms with van der Waals surface area (Å²) in [6.07, 6.45) is -0.399. The number of rotatable bonds is 2. The van der Waals surface area contributed by atoms with E-state index in [0.717, 1.165) is 16.8 Å². The average molecular weight is 288 g/mol. The van der Waals surface area contributed by atoms with Crippen molar-refractivity contribution in [1.82, 2.24) is 0 Å². The van der Waals surface area contributed by atoms with Crippen LogP contribution in [0.1, 0.15) is 22.8 Å². The maximum atomic E-state index is 11.7. The highest BCUT2D eigenvalue weighted by molar-refractivity contribution is 6.31. The Labute approximate surface area is 122 Å². The van der Waals surface area contributed by atoms with E-state index in [-0.39, 0.29) is 5.91 Å². The van der Waals surface area contributed by atoms with Gasteiger partial charge < -0.3 is 10.0 Å². The second kappa shape index (κ2) is 4.93. The van der Waals surface area contributed by atoms with E-state index in [2.05, 4.69) is 0 Å². The fourth-order valence-corrected chi connectivity index (χ4v) is 2.78. The summed E-state index contributed by atoms with van der Waals surface area (Å²) < 4.78 is 0. The fourth-order valence-electron chi connectivity index (χ4n) is 2.54. The third-order valence-electron chi connectivity index (χ3n) is 3.70. The first kappa shape index (κ1) is 13.2. The molecule has 0 aliphatic carbocycles. The van der Waals surface area contributed by atoms with Crippen LogP contribution in [0.25, 0.3) is 0 Å². The lowest BCUT2D eigenvalue weighted by atomic mass is 9.99. The van der Waals surface area contributed by atoms with E-state index in [0.29, 0.717) is 17.0 Å². The molecule has 0 bridgehead atoms. The second-order valence-electron chi connectivity index (χ2n) is 4.94. The van der Waals surface area contributed by atoms with Gasteiger partial charge in [-0.3, -0.25) is 4.79 Å². The standard InChI is InChI=1S/C16H14ClNO2/c1-18-14-7-6-10(8-11(14)9-15(18)19)16(20)12-4-2-3-5-13(12)17/h2-8,16,20H,9H2,1H3. The first-order chi connectivity index (χ1) is 9.58. The predicted molar refractivity (Wildman–Crippen MR) is 79.1 cm³/mol. The third kappa shape index (κ3) is 2.09. The Bertz CT molecular complexity index is 684. The van der Waals surface area contributed by atoms with Gasteiger partial charge in [-0.15, -0.1) is 0 Å². The maximum Gasteiger partial charge on any atom is 0.231 e. The Morgan fingerprint density at radius 2 is 2.00 bits per heavy atom. The van der Waals surface area contributed by atoms with Crippen molar-refractivity contribution in [3.8, 4) is 0 Å². The number of likely N-dealkylation sites (N-methyl/N-ethyl adjacent to an activating group) is 1. The summed E-state index contributed by atoms with van der Waals surface area (Å²) in [4.78, 5) is 13.3. The first-order valence-electron chi connectivity index (χ1n) is 6.40. The highest BCUT2D eigenvalue weighted by Crippen LogP contribution is 2.33. The molecule has 102 valence electrons. The van der Waals surface area contributed by atoms with Crippen LogP contribution in [0.2, 0.25) is 5.02 Å². The van der Waals surface area contributed by atoms with Crippen LogP contribution in [0, 0.1) is 0 Å². The molecule has 1 unspecified atom stereocenters. The van der Waals surface area contributed by atoms with Gasteiger partial charge in [0.25, 0.3) is 0 Å². The smallest absolute Gasteiger partial charge is 0.231 e. The SMILES string of the molecule is CN1C(=O)Cc2cc(C(O)c3ccccc3Cl)ccc21. The quantitative estimate of drug-likeness (QED) is 0.922. The molecule has 1 atom stereocenters. The molecule has 2 aromatic carbocycles. The Kier molecular flexibility index (Phi) is 3.24. The summed E-state index contributed by atoms with van der Waals surface area (Å²) in [5.41, 5.74) is 3.28. The molecular weight excluding hydrogens is 274 g/mol. The van der Waals surface area contributed by atoms with Crippen LogP contribution in [0.5, 0.6) is 0 Å². The average Bonchev–Trinajstić information content (AvgIpc) is 2.73. The largest absolute Gasteiger partial charge is 0.384 e. The number of halogens is 1. The molecule has 1 aliphatic rings. The minimum absolute atomic E-state index is 0.0735. The minimum atomic E-state index is -0.782. The van der Waals surface area contributed by atoms with Gasteiger partial charge in [-0.05, 0) is 23.3 Å². The molecule has 20 heavy (non-hydrogen) atoms. The van der Waals surface area contributed by atoms with Crippen molar-refractivity contribution in [2.24, 2.45) is 0 Å². The number of carbonyl (C=O) groups excluding carboxylic acids is 1. The number of hydrogen-bond donors (Lipinski definition) is 1. The molecule has 0 radical (unpaired) electrons. The van der Waals surface area contributed by atoms with Gasteiger partial charge in [0.05, 0.1) is 6.42 Å². The van der Waals surface area contributed by atoms with Gasteiger partial charge in [0.15, 0.2) is 0 Å². The van der Waals surface area contributed by atoms with Gasteiger partial charge in [0, 0.05) is 23.3 Å². The summed E-state index contributed by atoms with van der Waals surface area (Å²) in [5, 5.41) is 11.0. The summed E-state index contributed by atoms with van der Waals surface area (Å²) in [6, 6.07) is 12.8. The lowest BCUT2D eigenvalue weighted by Gasteiger charge is -2.15. The third-order valence-corrected chi connectivity index (χ3v) is 4.04. The Balaban J connectivity index is 1.99. The van der Waals surface area contributed by atoms with Crippen LogP contribution in [0.3, 0.4) is 0 Å². The monoisotopic (exact) mass is 287 g/mol. The zero-order valence-corrected chi connectivity index (χ0v) is 11.8. The van der Waals surface area contributed by atoms with Gasteiger partial charge in [-0.1, -0.05) is 41.9 Å². The van der Waals surface area contributed by atoms with Crippen LogP contribution < -0.4 is 4.90 Å². The number of nitrogens with zero attached hydrogens (tertiary/aromatic N) is 1. The number of carbonyl (C=O) groups is 1. The number of anilines is 1. The van der Waals surface area contributed by atoms with E-state index in [1.54, 1.807) is 24.1 Å². The van der Waals surface area contributed by atoms with Crippen molar-refractivity contribution >= 4 is 23.2 Å². The highest BCUT2D eigenvalue weighted by atomic mass is 35.5. The molecule has 1 N–H and O–H groups in total. The van der Waals surface area contributed by atoms with Crippen LogP contribution >= 0.6 is 11.6 Å². The Morgan fingerprint density at radius 1 is 1.25 bits per heavy atom. The number of fused-ring (bicyclic) bond motifs is 1. The number of benzene rings is 2. The zero-order chi connectivity index (χ0) is 14.3. The summed E-state index contributed by atoms with van der Waals surface area (Å²) in [5.74, 6) is 0.0735. The lowest BCUT2D eigenvalue weighted by molar-refractivity contribution is -0.117. The fraction of sp³-hybridized carbons (Fsp3) is 0.188. The van der Waals surface area contributed by atoms with E-state index in [9.17, 15) is 9.90 Å². The van der Waals surface area contributed by atoms with E-state index in [1.807, 2.05) is 30.3 Å². The molecule has 1 aliphatic heterocycles. The van der Waals surface area contributed by atoms with Crippen molar-refractivity contribution in [2.75, 3.05) is 11.9 Å². The van der Waals surface area contributed by atoms with Crippen LogP contribution in [0.15, 0.2) is 42.5 Å². The van der Waals surface area contributed by atoms with Crippen molar-refractivity contribution in [3.05, 3.63) is 64.2 Å². The van der Waals surface area contributed by atoms with Crippen LogP contribution in [-0.4, -0.2) is 18.1 Å². The van der Waals surface area contributed by atoms with Crippen LogP contribution in [0.4, 0.5) is 5.69 Å². The van der Waals surface area contributed by atoms with Crippen molar-refractivity contribution in [3.63, 3.8) is 0 Å². The lowest BCUT2D eigenvalue weighted by Crippen LogP contribution is -2.20. The zero-order valence-electron chi connectivity index (χ0n) is 11.0. The number of hydrogen-bond acceptors (Lipinski definition) is 2. The van der Waals surface area contributed by atoms with Gasteiger partial charge in [-0.2, -0.15) is 0 Å². The van der Waals surface area contributed by atoms with Gasteiger partial charge in [0.1, 0.15) is 6.10 Å². The van der Waals surface area contributed by atoms with Crippen LogP contribution in [-0.2, 0) is 11.2 Å². The van der Waals surface area contributed by atoms with Crippen molar-refractivity contribution in [2.45, 2.75) is 12.5 Å². The Hall–Kier alpha value is -1.84. The van der Waals surface area contributed by atoms with E-state index in [4.69, 9.17) is 11.6 Å². The molecule has 2 aromatic rings. The Morgan fingerprint density at radius 3 is 2.75 bits per heavy atom. The maximum absolute atomic E-state index is 11.7. The minimum Gasteiger partial charge on any atom is -0.384 e. The molecule has 1 heterocycles. The van der Waals surface area contributed by atoms with Gasteiger partial charge >= 0.3 is 0 Å². The predicted octanol–water partition coefficient (Wildman–Crippen LogP) is 2.94. The first-order valence-corrected chi connectivity index (χ1v) is 6.77. The molecule has 4 heteroatoms. The molecule has 0 saturated carbocycles. The van der Waals surface area contributed by atoms with E-state index in [1.165, 1.54) is 0 Å². The van der Waals surface area contributed by atoms with Crippen molar-refractivity contribution in [1.29, 1.82) is 0 Å². The molecule has 0 aromatic heterocycles. The highest BCUT2D eigenvalue weighted by Gasteiger charge is 2.25. The van der Waals surface area contributed by atoms with Gasteiger partial charge in [-0.25, -0.2) is 0 Å². The van der Waals surface area contributed by atoms with Gasteiger partial charge in [0.2, 0.25) is 5.91 Å². The summed E-state index contributed by atoms with van der Waals surface area (Å²) >= 11 is 6.11. The molecule has 3 rings (SSSR count). The van der Waals surface area contributed by atoms with E-state index < -0.39 is 6.10 Å². The van der Waals surface area contributed by atoms with Crippen molar-refractivity contribution < 1.29 is 9.90 Å². The second-order valence-corrected chi connectivity index (χ2v) is 5.35. The molecular formula is C16H14ClNO2. The molecule has 1 amide bonds. The molecule has 0 spiro atoms. The topological polar surface area (TPSA) is 40.5 Å².